The van der Waals surface area contributed by atoms with Gasteiger partial charge >= 0.3 is 0 Å². The number of likely N-dealkylation sites (tertiary alicyclic amines) is 1. The highest BCUT2D eigenvalue weighted by Gasteiger charge is 2.19. The highest BCUT2D eigenvalue weighted by atomic mass is 16.5. The van der Waals surface area contributed by atoms with E-state index in [9.17, 15) is 0 Å². The first-order chi connectivity index (χ1) is 12.8. The first-order valence-electron chi connectivity index (χ1n) is 9.44. The van der Waals surface area contributed by atoms with Gasteiger partial charge in [-0.05, 0) is 61.7 Å². The van der Waals surface area contributed by atoms with E-state index < -0.39 is 0 Å². The van der Waals surface area contributed by atoms with E-state index in [0.717, 1.165) is 44.1 Å². The SMILES string of the molecule is COc1ccc2[nH]cc(CCNC3CCN(Cc4ccco4)CC3)c2c1. The second kappa shape index (κ2) is 7.98. The quantitative estimate of drug-likeness (QED) is 0.682. The fourth-order valence-corrected chi connectivity index (χ4v) is 3.82. The van der Waals surface area contributed by atoms with Gasteiger partial charge in [-0.3, -0.25) is 4.90 Å². The van der Waals surface area contributed by atoms with Crippen LogP contribution in [0.4, 0.5) is 0 Å². The largest absolute Gasteiger partial charge is 0.497 e. The van der Waals surface area contributed by atoms with Crippen molar-refractivity contribution in [1.29, 1.82) is 0 Å². The molecule has 0 saturated carbocycles. The number of nitrogens with one attached hydrogen (secondary N) is 2. The molecule has 0 radical (unpaired) electrons. The second-order valence-electron chi connectivity index (χ2n) is 7.06. The minimum atomic E-state index is 0.614. The van der Waals surface area contributed by atoms with Crippen LogP contribution in [0, 0.1) is 0 Å². The summed E-state index contributed by atoms with van der Waals surface area (Å²) in [5.41, 5.74) is 2.52. The lowest BCUT2D eigenvalue weighted by molar-refractivity contribution is 0.179. The molecule has 1 saturated heterocycles. The zero-order valence-corrected chi connectivity index (χ0v) is 15.3. The molecule has 5 nitrogen and oxygen atoms in total. The average Bonchev–Trinajstić information content (AvgIpc) is 3.33. The van der Waals surface area contributed by atoms with E-state index in [1.54, 1.807) is 13.4 Å². The van der Waals surface area contributed by atoms with Gasteiger partial charge in [-0.25, -0.2) is 0 Å². The van der Waals surface area contributed by atoms with E-state index in [-0.39, 0.29) is 0 Å². The Morgan fingerprint density at radius 3 is 2.92 bits per heavy atom. The number of benzene rings is 1. The van der Waals surface area contributed by atoms with Crippen molar-refractivity contribution in [1.82, 2.24) is 15.2 Å². The Bertz CT molecular complexity index is 817. The van der Waals surface area contributed by atoms with Crippen LogP contribution < -0.4 is 10.1 Å². The van der Waals surface area contributed by atoms with Gasteiger partial charge in [0, 0.05) is 36.2 Å². The maximum Gasteiger partial charge on any atom is 0.119 e. The number of methoxy groups -OCH3 is 1. The molecule has 2 N–H and O–H groups in total. The van der Waals surface area contributed by atoms with Crippen LogP contribution in [0.25, 0.3) is 10.9 Å². The molecule has 138 valence electrons. The van der Waals surface area contributed by atoms with Crippen LogP contribution in [0.15, 0.2) is 47.2 Å². The summed E-state index contributed by atoms with van der Waals surface area (Å²) < 4.78 is 10.8. The zero-order chi connectivity index (χ0) is 17.8. The summed E-state index contributed by atoms with van der Waals surface area (Å²) >= 11 is 0. The van der Waals surface area contributed by atoms with Gasteiger partial charge in [0.25, 0.3) is 0 Å². The van der Waals surface area contributed by atoms with E-state index in [4.69, 9.17) is 9.15 Å². The van der Waals surface area contributed by atoms with E-state index in [1.807, 2.05) is 12.1 Å². The minimum Gasteiger partial charge on any atom is -0.497 e. The summed E-state index contributed by atoms with van der Waals surface area (Å²) in [6.07, 6.45) is 7.30. The molecule has 0 spiro atoms. The van der Waals surface area contributed by atoms with Crippen molar-refractivity contribution < 1.29 is 9.15 Å². The van der Waals surface area contributed by atoms with Gasteiger partial charge in [-0.1, -0.05) is 0 Å². The number of furan rings is 1. The predicted octanol–water partition coefficient (Wildman–Crippen LogP) is 3.57. The second-order valence-corrected chi connectivity index (χ2v) is 7.06. The number of rotatable bonds is 7. The van der Waals surface area contributed by atoms with Crippen LogP contribution >= 0.6 is 0 Å². The first kappa shape index (κ1) is 17.2. The Balaban J connectivity index is 1.24. The topological polar surface area (TPSA) is 53.4 Å². The molecule has 0 atom stereocenters. The lowest BCUT2D eigenvalue weighted by Gasteiger charge is -2.31. The zero-order valence-electron chi connectivity index (χ0n) is 15.3. The summed E-state index contributed by atoms with van der Waals surface area (Å²) in [5, 5.41) is 5.00. The Morgan fingerprint density at radius 2 is 2.15 bits per heavy atom. The van der Waals surface area contributed by atoms with Crippen LogP contribution in [0.1, 0.15) is 24.2 Å². The lowest BCUT2D eigenvalue weighted by atomic mass is 10.0. The summed E-state index contributed by atoms with van der Waals surface area (Å²) in [6.45, 7) is 4.19. The fourth-order valence-electron chi connectivity index (χ4n) is 3.82. The Kier molecular flexibility index (Phi) is 5.27. The van der Waals surface area contributed by atoms with Gasteiger partial charge in [-0.2, -0.15) is 0 Å². The molecule has 0 unspecified atom stereocenters. The van der Waals surface area contributed by atoms with Gasteiger partial charge in [0.05, 0.1) is 19.9 Å². The molecule has 1 aliphatic rings. The third-order valence-corrected chi connectivity index (χ3v) is 5.35. The maximum atomic E-state index is 5.45. The van der Waals surface area contributed by atoms with Crippen molar-refractivity contribution in [2.24, 2.45) is 0 Å². The third kappa shape index (κ3) is 3.94. The number of fused-ring (bicyclic) bond motifs is 1. The van der Waals surface area contributed by atoms with Crippen LogP contribution in [0.2, 0.25) is 0 Å². The van der Waals surface area contributed by atoms with Gasteiger partial charge in [-0.15, -0.1) is 0 Å². The molecule has 0 bridgehead atoms. The summed E-state index contributed by atoms with van der Waals surface area (Å²) in [6, 6.07) is 10.8. The van der Waals surface area contributed by atoms with Gasteiger partial charge in [0.15, 0.2) is 0 Å². The Morgan fingerprint density at radius 1 is 1.27 bits per heavy atom. The molecule has 2 aromatic heterocycles. The third-order valence-electron chi connectivity index (χ3n) is 5.35. The highest BCUT2D eigenvalue weighted by Crippen LogP contribution is 2.24. The normalized spacial score (nSPS) is 16.3. The molecule has 3 heterocycles. The van der Waals surface area contributed by atoms with E-state index >= 15 is 0 Å². The minimum absolute atomic E-state index is 0.614. The predicted molar refractivity (Wildman–Crippen MR) is 104 cm³/mol. The first-order valence-corrected chi connectivity index (χ1v) is 9.44. The van der Waals surface area contributed by atoms with Crippen molar-refractivity contribution in [2.45, 2.75) is 31.8 Å². The number of aromatic nitrogens is 1. The summed E-state index contributed by atoms with van der Waals surface area (Å²) in [7, 11) is 1.72. The van der Waals surface area contributed by atoms with Gasteiger partial charge in [0.2, 0.25) is 0 Å². The Hall–Kier alpha value is -2.24. The summed E-state index contributed by atoms with van der Waals surface area (Å²) in [5.74, 6) is 1.97. The van der Waals surface area contributed by atoms with Crippen LogP contribution in [-0.2, 0) is 13.0 Å². The molecular formula is C21H27N3O2. The van der Waals surface area contributed by atoms with Crippen molar-refractivity contribution in [3.05, 3.63) is 54.1 Å². The molecule has 0 aliphatic carbocycles. The molecule has 26 heavy (non-hydrogen) atoms. The highest BCUT2D eigenvalue weighted by molar-refractivity contribution is 5.84. The molecular weight excluding hydrogens is 326 g/mol. The molecule has 1 aliphatic heterocycles. The van der Waals surface area contributed by atoms with Crippen LogP contribution in [-0.4, -0.2) is 42.7 Å². The maximum absolute atomic E-state index is 5.45. The van der Waals surface area contributed by atoms with Gasteiger partial charge < -0.3 is 19.5 Å². The summed E-state index contributed by atoms with van der Waals surface area (Å²) in [4.78, 5) is 5.83. The number of ether oxygens (including phenoxy) is 1. The number of H-pyrrole nitrogens is 1. The number of aromatic amines is 1. The van der Waals surface area contributed by atoms with E-state index in [1.165, 1.54) is 29.3 Å². The van der Waals surface area contributed by atoms with Crippen LogP contribution in [0.3, 0.4) is 0 Å². The molecule has 0 amide bonds. The number of hydrogen-bond acceptors (Lipinski definition) is 4. The number of nitrogens with zero attached hydrogens (tertiary/aromatic N) is 1. The Labute approximate surface area is 154 Å². The fraction of sp³-hybridized carbons (Fsp3) is 0.429. The number of hydrogen-bond donors (Lipinski definition) is 2. The van der Waals surface area contributed by atoms with E-state index in [2.05, 4.69) is 39.6 Å². The van der Waals surface area contributed by atoms with Crippen molar-refractivity contribution >= 4 is 10.9 Å². The van der Waals surface area contributed by atoms with Crippen LogP contribution in [0.5, 0.6) is 5.75 Å². The molecule has 5 heteroatoms. The molecule has 1 fully saturated rings. The monoisotopic (exact) mass is 353 g/mol. The average molecular weight is 353 g/mol. The molecule has 4 rings (SSSR count). The molecule has 1 aromatic carbocycles. The van der Waals surface area contributed by atoms with Crippen molar-refractivity contribution in [3.63, 3.8) is 0 Å². The standard InChI is InChI=1S/C21H27N3O2/c1-25-18-4-5-21-20(13-18)16(14-23-21)6-9-22-17-7-10-24(11-8-17)15-19-3-2-12-26-19/h2-5,12-14,17,22-23H,6-11,15H2,1H3. The smallest absolute Gasteiger partial charge is 0.119 e. The lowest BCUT2D eigenvalue weighted by Crippen LogP contribution is -2.42. The number of piperidine rings is 1. The molecule has 3 aromatic rings. The van der Waals surface area contributed by atoms with Crippen molar-refractivity contribution in [3.8, 4) is 5.75 Å². The van der Waals surface area contributed by atoms with Crippen molar-refractivity contribution in [2.75, 3.05) is 26.7 Å². The van der Waals surface area contributed by atoms with E-state index in [0.29, 0.717) is 6.04 Å². The van der Waals surface area contributed by atoms with Gasteiger partial charge in [0.1, 0.15) is 11.5 Å².